The smallest absolute Gasteiger partial charge is 0.336 e. The van der Waals surface area contributed by atoms with Gasteiger partial charge >= 0.3 is 5.97 Å². The Morgan fingerprint density at radius 3 is 2.70 bits per heavy atom. The van der Waals surface area contributed by atoms with Gasteiger partial charge in [-0.05, 0) is 6.08 Å². The molecule has 1 rings (SSSR count). The number of carbonyl (C=O) groups excluding carboxylic acids is 2. The number of esters is 1. The van der Waals surface area contributed by atoms with Crippen LogP contribution in [0.4, 0.5) is 0 Å². The highest BCUT2D eigenvalue weighted by Crippen LogP contribution is 2.07. The molecule has 0 saturated heterocycles. The first-order valence-corrected chi connectivity index (χ1v) is 2.51. The van der Waals surface area contributed by atoms with E-state index in [-0.39, 0.29) is 5.76 Å². The van der Waals surface area contributed by atoms with Crippen LogP contribution in [0.15, 0.2) is 24.0 Å². The number of hydrogen-bond acceptors (Lipinski definition) is 4. The zero-order valence-electron chi connectivity index (χ0n) is 4.87. The van der Waals surface area contributed by atoms with Crippen molar-refractivity contribution < 1.29 is 19.4 Å². The number of allylic oxidation sites excluding steroid dienone is 1. The number of ether oxygens (including phenoxy) is 1. The summed E-state index contributed by atoms with van der Waals surface area (Å²) in [6.45, 7) is 0. The number of carboxylic acid groups (broad SMARTS) is 1. The molecule has 1 aliphatic rings. The second-order valence-electron chi connectivity index (χ2n) is 1.62. The van der Waals surface area contributed by atoms with Crippen molar-refractivity contribution in [2.75, 3.05) is 0 Å². The Balaban J connectivity index is 2.70. The second kappa shape index (κ2) is 2.34. The minimum absolute atomic E-state index is 0.00463. The summed E-state index contributed by atoms with van der Waals surface area (Å²) in [6.07, 6.45) is 3.11. The van der Waals surface area contributed by atoms with E-state index in [2.05, 4.69) is 4.74 Å². The lowest BCUT2D eigenvalue weighted by Crippen LogP contribution is -2.19. The van der Waals surface area contributed by atoms with Crippen molar-refractivity contribution in [3.8, 4) is 0 Å². The molecule has 0 amide bonds. The van der Waals surface area contributed by atoms with Crippen molar-refractivity contribution in [1.82, 2.24) is 0 Å². The van der Waals surface area contributed by atoms with Crippen LogP contribution in [0.25, 0.3) is 0 Å². The summed E-state index contributed by atoms with van der Waals surface area (Å²) < 4.78 is 4.36. The molecule has 1 aliphatic heterocycles. The van der Waals surface area contributed by atoms with Gasteiger partial charge in [0.15, 0.2) is 0 Å². The second-order valence-corrected chi connectivity index (χ2v) is 1.62. The standard InChI is InChI=1S/C6H4O4/c7-5(8)3-4-1-2-6(9)10-4/h1-3H,(H,7,8)/p-1. The SMILES string of the molecule is O=C([O-])C=C1C=CC(=O)O1. The van der Waals surface area contributed by atoms with Gasteiger partial charge < -0.3 is 14.6 Å². The maximum atomic E-state index is 10.3. The van der Waals surface area contributed by atoms with E-state index in [0.29, 0.717) is 6.08 Å². The highest BCUT2D eigenvalue weighted by atomic mass is 16.5. The maximum Gasteiger partial charge on any atom is 0.336 e. The molecule has 0 fully saturated rings. The Kier molecular flexibility index (Phi) is 1.53. The predicted molar refractivity (Wildman–Crippen MR) is 28.3 cm³/mol. The van der Waals surface area contributed by atoms with Crippen LogP contribution in [0.3, 0.4) is 0 Å². The first-order chi connectivity index (χ1) is 4.68. The number of aliphatic carboxylic acids is 1. The third-order valence-electron chi connectivity index (χ3n) is 0.862. The maximum absolute atomic E-state index is 10.3. The summed E-state index contributed by atoms with van der Waals surface area (Å²) in [4.78, 5) is 20.1. The molecule has 0 saturated carbocycles. The summed E-state index contributed by atoms with van der Waals surface area (Å²) in [5.74, 6) is -1.94. The Bertz CT molecular complexity index is 236. The molecule has 0 aliphatic carbocycles. The number of rotatable bonds is 1. The Hall–Kier alpha value is -1.58. The highest BCUT2D eigenvalue weighted by molar-refractivity contribution is 5.88. The molecule has 0 spiro atoms. The first-order valence-electron chi connectivity index (χ1n) is 2.51. The minimum atomic E-state index is -1.38. The molecule has 4 heteroatoms. The predicted octanol–water partition coefficient (Wildman–Crippen LogP) is -1.27. The monoisotopic (exact) mass is 139 g/mol. The first kappa shape index (κ1) is 6.54. The normalized spacial score (nSPS) is 19.6. The third kappa shape index (κ3) is 1.45. The van der Waals surface area contributed by atoms with Gasteiger partial charge in [0.1, 0.15) is 5.76 Å². The van der Waals surface area contributed by atoms with Crippen LogP contribution in [-0.4, -0.2) is 11.9 Å². The molecule has 0 unspecified atom stereocenters. The molecule has 10 heavy (non-hydrogen) atoms. The van der Waals surface area contributed by atoms with Crippen LogP contribution in [0, 0.1) is 0 Å². The van der Waals surface area contributed by atoms with E-state index in [1.165, 1.54) is 6.08 Å². The molecule has 52 valence electrons. The number of cyclic esters (lactones) is 1. The average Bonchev–Trinajstić information content (AvgIpc) is 2.13. The third-order valence-corrected chi connectivity index (χ3v) is 0.862. The van der Waals surface area contributed by atoms with Crippen molar-refractivity contribution in [2.24, 2.45) is 0 Å². The van der Waals surface area contributed by atoms with Gasteiger partial charge in [-0.3, -0.25) is 0 Å². The van der Waals surface area contributed by atoms with E-state index < -0.39 is 11.9 Å². The molecule has 1 heterocycles. The zero-order chi connectivity index (χ0) is 7.56. The summed E-state index contributed by atoms with van der Waals surface area (Å²) in [6, 6.07) is 0. The fraction of sp³-hybridized carbons (Fsp3) is 0. The number of carboxylic acids is 1. The highest BCUT2D eigenvalue weighted by Gasteiger charge is 2.07. The molecular formula is C6H3O4-. The molecule has 0 aromatic rings. The van der Waals surface area contributed by atoms with Gasteiger partial charge in [0.05, 0.1) is 5.97 Å². The van der Waals surface area contributed by atoms with Crippen molar-refractivity contribution in [1.29, 1.82) is 0 Å². The largest absolute Gasteiger partial charge is 0.545 e. The molecule has 0 aromatic carbocycles. The van der Waals surface area contributed by atoms with Crippen LogP contribution >= 0.6 is 0 Å². The van der Waals surface area contributed by atoms with Crippen LogP contribution in [-0.2, 0) is 14.3 Å². The summed E-state index contributed by atoms with van der Waals surface area (Å²) in [5.41, 5.74) is 0. The molecule has 0 atom stereocenters. The Labute approximate surface area is 56.4 Å². The molecule has 0 bridgehead atoms. The lowest BCUT2D eigenvalue weighted by molar-refractivity contribution is -0.297. The number of hydrogen-bond donors (Lipinski definition) is 0. The van der Waals surface area contributed by atoms with Gasteiger partial charge in [0.2, 0.25) is 0 Å². The van der Waals surface area contributed by atoms with E-state index >= 15 is 0 Å². The van der Waals surface area contributed by atoms with Gasteiger partial charge in [-0.15, -0.1) is 0 Å². The quantitative estimate of drug-likeness (QED) is 0.335. The minimum Gasteiger partial charge on any atom is -0.545 e. The van der Waals surface area contributed by atoms with Crippen LogP contribution in [0.1, 0.15) is 0 Å². The fourth-order valence-corrected chi connectivity index (χ4v) is 0.528. The summed E-state index contributed by atoms with van der Waals surface area (Å²) >= 11 is 0. The number of carbonyl (C=O) groups is 2. The molecule has 0 radical (unpaired) electrons. The van der Waals surface area contributed by atoms with Crippen LogP contribution in [0.2, 0.25) is 0 Å². The zero-order valence-corrected chi connectivity index (χ0v) is 4.87. The summed E-state index contributed by atoms with van der Waals surface area (Å²) in [7, 11) is 0. The van der Waals surface area contributed by atoms with Gasteiger partial charge in [0.25, 0.3) is 0 Å². The Morgan fingerprint density at radius 1 is 1.60 bits per heavy atom. The van der Waals surface area contributed by atoms with Crippen molar-refractivity contribution >= 4 is 11.9 Å². The molecule has 4 nitrogen and oxygen atoms in total. The van der Waals surface area contributed by atoms with Crippen molar-refractivity contribution in [3.05, 3.63) is 24.0 Å². The fourth-order valence-electron chi connectivity index (χ4n) is 0.528. The van der Waals surface area contributed by atoms with Gasteiger partial charge in [-0.1, -0.05) is 0 Å². The van der Waals surface area contributed by atoms with E-state index in [1.807, 2.05) is 0 Å². The van der Waals surface area contributed by atoms with Crippen LogP contribution < -0.4 is 5.11 Å². The van der Waals surface area contributed by atoms with Gasteiger partial charge in [0, 0.05) is 12.2 Å². The Morgan fingerprint density at radius 2 is 2.30 bits per heavy atom. The molecule has 0 N–H and O–H groups in total. The van der Waals surface area contributed by atoms with E-state index in [0.717, 1.165) is 6.08 Å². The van der Waals surface area contributed by atoms with Crippen molar-refractivity contribution in [3.63, 3.8) is 0 Å². The van der Waals surface area contributed by atoms with Crippen LogP contribution in [0.5, 0.6) is 0 Å². The van der Waals surface area contributed by atoms with E-state index in [9.17, 15) is 14.7 Å². The van der Waals surface area contributed by atoms with E-state index in [4.69, 9.17) is 0 Å². The molecule has 0 aromatic heterocycles. The summed E-state index contributed by atoms with van der Waals surface area (Å²) in [5, 5.41) is 9.85. The topological polar surface area (TPSA) is 66.4 Å². The lowest BCUT2D eigenvalue weighted by atomic mass is 10.4. The van der Waals surface area contributed by atoms with Gasteiger partial charge in [-0.25, -0.2) is 4.79 Å². The molecular weight excluding hydrogens is 136 g/mol. The lowest BCUT2D eigenvalue weighted by Gasteiger charge is -1.94. The van der Waals surface area contributed by atoms with Crippen molar-refractivity contribution in [2.45, 2.75) is 0 Å². The average molecular weight is 139 g/mol. The van der Waals surface area contributed by atoms with Gasteiger partial charge in [-0.2, -0.15) is 0 Å². The van der Waals surface area contributed by atoms with E-state index in [1.54, 1.807) is 0 Å².